The van der Waals surface area contributed by atoms with Gasteiger partial charge in [0.25, 0.3) is 5.88 Å². The lowest BCUT2D eigenvalue weighted by Gasteiger charge is -2.11. The van der Waals surface area contributed by atoms with Gasteiger partial charge in [0.1, 0.15) is 12.1 Å². The molecule has 6 nitrogen and oxygen atoms in total. The van der Waals surface area contributed by atoms with Crippen molar-refractivity contribution in [3.8, 4) is 17.4 Å². The van der Waals surface area contributed by atoms with E-state index in [1.54, 1.807) is 0 Å². The zero-order valence-corrected chi connectivity index (χ0v) is 9.85. The molecule has 1 aromatic heterocycles. The SMILES string of the molecule is COc1c(NN)ncnc1Oc1ccc(F)c(F)c1. The molecule has 0 saturated heterocycles. The second kappa shape index (κ2) is 5.44. The van der Waals surface area contributed by atoms with Gasteiger partial charge in [-0.15, -0.1) is 0 Å². The Morgan fingerprint density at radius 1 is 1.21 bits per heavy atom. The van der Waals surface area contributed by atoms with Crippen molar-refractivity contribution < 1.29 is 18.3 Å². The lowest BCUT2D eigenvalue weighted by molar-refractivity contribution is 0.367. The minimum atomic E-state index is -1.03. The number of ether oxygens (including phenoxy) is 2. The predicted molar refractivity (Wildman–Crippen MR) is 62.8 cm³/mol. The molecule has 0 bridgehead atoms. The molecule has 0 fully saturated rings. The van der Waals surface area contributed by atoms with Crippen molar-refractivity contribution in [3.63, 3.8) is 0 Å². The Hall–Kier alpha value is -2.48. The number of halogens is 2. The summed E-state index contributed by atoms with van der Waals surface area (Å²) in [6.45, 7) is 0. The van der Waals surface area contributed by atoms with Crippen LogP contribution in [0.2, 0.25) is 0 Å². The van der Waals surface area contributed by atoms with Crippen molar-refractivity contribution in [3.05, 3.63) is 36.2 Å². The molecule has 0 saturated carbocycles. The van der Waals surface area contributed by atoms with Crippen molar-refractivity contribution in [2.75, 3.05) is 12.5 Å². The summed E-state index contributed by atoms with van der Waals surface area (Å²) >= 11 is 0. The minimum Gasteiger partial charge on any atom is -0.489 e. The van der Waals surface area contributed by atoms with Crippen molar-refractivity contribution in [1.29, 1.82) is 0 Å². The van der Waals surface area contributed by atoms with E-state index in [1.165, 1.54) is 19.5 Å². The van der Waals surface area contributed by atoms with Gasteiger partial charge in [0, 0.05) is 6.07 Å². The Labute approximate surface area is 107 Å². The van der Waals surface area contributed by atoms with Crippen LogP contribution < -0.4 is 20.7 Å². The molecule has 0 atom stereocenters. The third kappa shape index (κ3) is 2.68. The summed E-state index contributed by atoms with van der Waals surface area (Å²) in [6.07, 6.45) is 1.19. The Bertz CT molecular complexity index is 595. The average molecular weight is 268 g/mol. The topological polar surface area (TPSA) is 82.3 Å². The van der Waals surface area contributed by atoms with Crippen molar-refractivity contribution in [2.24, 2.45) is 5.84 Å². The van der Waals surface area contributed by atoms with Crippen LogP contribution in [0.3, 0.4) is 0 Å². The van der Waals surface area contributed by atoms with Gasteiger partial charge >= 0.3 is 0 Å². The Morgan fingerprint density at radius 3 is 2.63 bits per heavy atom. The summed E-state index contributed by atoms with van der Waals surface area (Å²) in [4.78, 5) is 7.65. The number of nitrogens with zero attached hydrogens (tertiary/aromatic N) is 2. The summed E-state index contributed by atoms with van der Waals surface area (Å²) in [5.41, 5.74) is 2.30. The molecule has 0 aliphatic carbocycles. The average Bonchev–Trinajstić information content (AvgIpc) is 2.42. The Kier molecular flexibility index (Phi) is 3.71. The highest BCUT2D eigenvalue weighted by molar-refractivity contribution is 5.55. The lowest BCUT2D eigenvalue weighted by atomic mass is 10.3. The summed E-state index contributed by atoms with van der Waals surface area (Å²) < 4.78 is 36.2. The van der Waals surface area contributed by atoms with Crippen LogP contribution in [0, 0.1) is 11.6 Å². The molecule has 3 N–H and O–H groups in total. The van der Waals surface area contributed by atoms with E-state index in [1.807, 2.05) is 0 Å². The predicted octanol–water partition coefficient (Wildman–Crippen LogP) is 1.84. The molecule has 0 unspecified atom stereocenters. The number of nitrogens with two attached hydrogens (primary N) is 1. The highest BCUT2D eigenvalue weighted by Gasteiger charge is 2.14. The van der Waals surface area contributed by atoms with Gasteiger partial charge in [0.2, 0.25) is 5.75 Å². The van der Waals surface area contributed by atoms with Gasteiger partial charge in [0.15, 0.2) is 17.5 Å². The number of methoxy groups -OCH3 is 1. The molecule has 1 aromatic carbocycles. The molecule has 19 heavy (non-hydrogen) atoms. The van der Waals surface area contributed by atoms with Crippen LogP contribution >= 0.6 is 0 Å². The second-order valence-corrected chi connectivity index (χ2v) is 3.38. The lowest BCUT2D eigenvalue weighted by Crippen LogP contribution is -2.11. The number of hydrogen-bond acceptors (Lipinski definition) is 6. The van der Waals surface area contributed by atoms with Gasteiger partial charge in [-0.05, 0) is 12.1 Å². The standard InChI is InChI=1S/C11H10F2N4O2/c1-18-9-10(17-14)15-5-16-11(9)19-6-2-3-7(12)8(13)4-6/h2-5H,14H2,1H3,(H,15,16,17). The summed E-state index contributed by atoms with van der Waals surface area (Å²) in [5, 5.41) is 0. The van der Waals surface area contributed by atoms with Crippen LogP contribution in [-0.2, 0) is 0 Å². The number of nitrogen functional groups attached to an aromatic ring is 1. The van der Waals surface area contributed by atoms with E-state index in [-0.39, 0.29) is 23.2 Å². The molecule has 8 heteroatoms. The first kappa shape index (κ1) is 13.0. The molecule has 100 valence electrons. The van der Waals surface area contributed by atoms with Gasteiger partial charge in [-0.1, -0.05) is 0 Å². The molecule has 0 radical (unpaired) electrons. The van der Waals surface area contributed by atoms with Crippen LogP contribution in [0.15, 0.2) is 24.5 Å². The van der Waals surface area contributed by atoms with Crippen LogP contribution in [-0.4, -0.2) is 17.1 Å². The first-order valence-electron chi connectivity index (χ1n) is 5.14. The number of hydrogen-bond donors (Lipinski definition) is 2. The van der Waals surface area contributed by atoms with Crippen LogP contribution in [0.5, 0.6) is 17.4 Å². The molecule has 0 spiro atoms. The fourth-order valence-corrected chi connectivity index (χ4v) is 1.37. The van der Waals surface area contributed by atoms with Crippen LogP contribution in [0.1, 0.15) is 0 Å². The van der Waals surface area contributed by atoms with E-state index in [0.29, 0.717) is 0 Å². The maximum absolute atomic E-state index is 13.1. The Morgan fingerprint density at radius 2 is 2.00 bits per heavy atom. The number of rotatable bonds is 4. The fourth-order valence-electron chi connectivity index (χ4n) is 1.37. The zero-order chi connectivity index (χ0) is 13.8. The van der Waals surface area contributed by atoms with Gasteiger partial charge in [-0.2, -0.15) is 4.98 Å². The van der Waals surface area contributed by atoms with Crippen LogP contribution in [0.25, 0.3) is 0 Å². The molecule has 1 heterocycles. The summed E-state index contributed by atoms with van der Waals surface area (Å²) in [6, 6.07) is 3.10. The third-order valence-corrected chi connectivity index (χ3v) is 2.22. The van der Waals surface area contributed by atoms with Gasteiger partial charge in [0.05, 0.1) is 7.11 Å². The number of anilines is 1. The molecule has 0 amide bonds. The normalized spacial score (nSPS) is 10.1. The number of benzene rings is 1. The van der Waals surface area contributed by atoms with Crippen molar-refractivity contribution >= 4 is 5.82 Å². The van der Waals surface area contributed by atoms with Crippen molar-refractivity contribution in [2.45, 2.75) is 0 Å². The van der Waals surface area contributed by atoms with E-state index < -0.39 is 11.6 Å². The molecule has 0 aliphatic rings. The van der Waals surface area contributed by atoms with Gasteiger partial charge in [-0.3, -0.25) is 0 Å². The Balaban J connectivity index is 2.35. The fraction of sp³-hybridized carbons (Fsp3) is 0.0909. The first-order chi connectivity index (χ1) is 9.15. The van der Waals surface area contributed by atoms with E-state index in [9.17, 15) is 8.78 Å². The highest BCUT2D eigenvalue weighted by atomic mass is 19.2. The molecule has 2 aromatic rings. The quantitative estimate of drug-likeness (QED) is 0.650. The summed E-state index contributed by atoms with van der Waals surface area (Å²) in [5.74, 6) is 3.70. The number of hydrazine groups is 1. The molecule has 2 rings (SSSR count). The van der Waals surface area contributed by atoms with E-state index in [0.717, 1.165) is 12.1 Å². The number of aromatic nitrogens is 2. The molecule has 0 aliphatic heterocycles. The van der Waals surface area contributed by atoms with E-state index in [4.69, 9.17) is 15.3 Å². The smallest absolute Gasteiger partial charge is 0.268 e. The number of nitrogens with one attached hydrogen (secondary N) is 1. The largest absolute Gasteiger partial charge is 0.489 e. The first-order valence-corrected chi connectivity index (χ1v) is 5.14. The summed E-state index contributed by atoms with van der Waals surface area (Å²) in [7, 11) is 1.37. The van der Waals surface area contributed by atoms with Crippen molar-refractivity contribution in [1.82, 2.24) is 9.97 Å². The second-order valence-electron chi connectivity index (χ2n) is 3.38. The minimum absolute atomic E-state index is 0.0245. The van der Waals surface area contributed by atoms with E-state index >= 15 is 0 Å². The maximum Gasteiger partial charge on any atom is 0.268 e. The zero-order valence-electron chi connectivity index (χ0n) is 9.85. The van der Waals surface area contributed by atoms with Crippen LogP contribution in [0.4, 0.5) is 14.6 Å². The highest BCUT2D eigenvalue weighted by Crippen LogP contribution is 2.33. The molecular weight excluding hydrogens is 258 g/mol. The monoisotopic (exact) mass is 268 g/mol. The van der Waals surface area contributed by atoms with E-state index in [2.05, 4.69) is 15.4 Å². The maximum atomic E-state index is 13.1. The van der Waals surface area contributed by atoms with Gasteiger partial charge in [-0.25, -0.2) is 19.6 Å². The molecular formula is C11H10F2N4O2. The van der Waals surface area contributed by atoms with Gasteiger partial charge < -0.3 is 14.9 Å². The third-order valence-electron chi connectivity index (χ3n) is 2.22.